The molecule has 4 nitrogen and oxygen atoms in total. The van der Waals surface area contributed by atoms with Crippen molar-refractivity contribution in [2.45, 2.75) is 44.6 Å². The molecule has 0 spiro atoms. The highest BCUT2D eigenvalue weighted by Crippen LogP contribution is 2.19. The van der Waals surface area contributed by atoms with E-state index in [9.17, 15) is 18.0 Å². The zero-order valence-electron chi connectivity index (χ0n) is 11.2. The number of hydrogen-bond donors (Lipinski definition) is 2. The van der Waals surface area contributed by atoms with E-state index in [1.807, 2.05) is 6.92 Å². The molecule has 2 N–H and O–H groups in total. The summed E-state index contributed by atoms with van der Waals surface area (Å²) in [6, 6.07) is 3.17. The SMILES string of the molecule is CC1CC(NC(=O)c2cccn2CC(F)(F)F)CCN1. The first kappa shape index (κ1) is 14.9. The van der Waals surface area contributed by atoms with Gasteiger partial charge in [0, 0.05) is 18.3 Å². The standard InChI is InChI=1S/C13H18F3N3O/c1-9-7-10(4-5-17-9)18-12(20)11-3-2-6-19(11)8-13(14,15)16/h2-3,6,9-10,17H,4-5,7-8H2,1H3,(H,18,20). The van der Waals surface area contributed by atoms with Crippen LogP contribution in [0.25, 0.3) is 0 Å². The number of aromatic nitrogens is 1. The Bertz CT molecular complexity index is 470. The molecule has 1 aliphatic rings. The fourth-order valence-electron chi connectivity index (χ4n) is 2.47. The number of carbonyl (C=O) groups is 1. The maximum absolute atomic E-state index is 12.4. The molecule has 0 aliphatic carbocycles. The first-order valence-corrected chi connectivity index (χ1v) is 6.61. The second-order valence-electron chi connectivity index (χ2n) is 5.19. The van der Waals surface area contributed by atoms with E-state index >= 15 is 0 Å². The predicted molar refractivity (Wildman–Crippen MR) is 68.4 cm³/mol. The van der Waals surface area contributed by atoms with Gasteiger partial charge in [-0.15, -0.1) is 0 Å². The Morgan fingerprint density at radius 2 is 2.30 bits per heavy atom. The van der Waals surface area contributed by atoms with Crippen molar-refractivity contribution in [3.8, 4) is 0 Å². The Hall–Kier alpha value is -1.50. The van der Waals surface area contributed by atoms with Crippen LogP contribution in [0.15, 0.2) is 18.3 Å². The topological polar surface area (TPSA) is 46.1 Å². The summed E-state index contributed by atoms with van der Waals surface area (Å²) in [6.07, 6.45) is -1.49. The van der Waals surface area contributed by atoms with Gasteiger partial charge in [0.15, 0.2) is 0 Å². The van der Waals surface area contributed by atoms with Gasteiger partial charge in [-0.1, -0.05) is 0 Å². The van der Waals surface area contributed by atoms with E-state index in [0.29, 0.717) is 6.04 Å². The van der Waals surface area contributed by atoms with Gasteiger partial charge in [-0.05, 0) is 38.4 Å². The molecule has 1 saturated heterocycles. The van der Waals surface area contributed by atoms with E-state index in [4.69, 9.17) is 0 Å². The summed E-state index contributed by atoms with van der Waals surface area (Å²) >= 11 is 0. The number of halogens is 3. The molecule has 2 rings (SSSR count). The molecule has 7 heteroatoms. The predicted octanol–water partition coefficient (Wildman–Crippen LogP) is 1.92. The van der Waals surface area contributed by atoms with Crippen LogP contribution in [0.1, 0.15) is 30.3 Å². The molecule has 0 aromatic carbocycles. The van der Waals surface area contributed by atoms with Crippen molar-refractivity contribution in [3.63, 3.8) is 0 Å². The highest BCUT2D eigenvalue weighted by Gasteiger charge is 2.30. The Balaban J connectivity index is 2.00. The number of piperidine rings is 1. The minimum atomic E-state index is -4.34. The first-order valence-electron chi connectivity index (χ1n) is 6.61. The Kier molecular flexibility index (Phi) is 4.37. The van der Waals surface area contributed by atoms with Crippen LogP contribution >= 0.6 is 0 Å². The molecule has 1 amide bonds. The summed E-state index contributed by atoms with van der Waals surface area (Å²) in [7, 11) is 0. The largest absolute Gasteiger partial charge is 0.406 e. The van der Waals surface area contributed by atoms with Crippen LogP contribution in [0.3, 0.4) is 0 Å². The summed E-state index contributed by atoms with van der Waals surface area (Å²) in [4.78, 5) is 12.1. The molecule has 0 bridgehead atoms. The summed E-state index contributed by atoms with van der Waals surface area (Å²) in [5.41, 5.74) is 0.0495. The van der Waals surface area contributed by atoms with Gasteiger partial charge in [0.25, 0.3) is 5.91 Å². The monoisotopic (exact) mass is 289 g/mol. The van der Waals surface area contributed by atoms with Crippen LogP contribution < -0.4 is 10.6 Å². The van der Waals surface area contributed by atoms with Gasteiger partial charge >= 0.3 is 6.18 Å². The lowest BCUT2D eigenvalue weighted by atomic mass is 10.0. The fraction of sp³-hybridized carbons (Fsp3) is 0.615. The van der Waals surface area contributed by atoms with Crippen molar-refractivity contribution in [3.05, 3.63) is 24.0 Å². The van der Waals surface area contributed by atoms with E-state index in [2.05, 4.69) is 10.6 Å². The minimum Gasteiger partial charge on any atom is -0.348 e. The lowest BCUT2D eigenvalue weighted by Crippen LogP contribution is -2.47. The van der Waals surface area contributed by atoms with Crippen molar-refractivity contribution in [2.75, 3.05) is 6.54 Å². The maximum Gasteiger partial charge on any atom is 0.406 e. The number of carbonyl (C=O) groups excluding carboxylic acids is 1. The molecular weight excluding hydrogens is 271 g/mol. The van der Waals surface area contributed by atoms with E-state index in [1.54, 1.807) is 0 Å². The highest BCUT2D eigenvalue weighted by atomic mass is 19.4. The normalized spacial score (nSPS) is 23.6. The van der Waals surface area contributed by atoms with E-state index in [-0.39, 0.29) is 11.7 Å². The van der Waals surface area contributed by atoms with Crippen molar-refractivity contribution in [1.29, 1.82) is 0 Å². The van der Waals surface area contributed by atoms with Gasteiger partial charge in [0.2, 0.25) is 0 Å². The molecule has 1 fully saturated rings. The Morgan fingerprint density at radius 1 is 1.55 bits per heavy atom. The van der Waals surface area contributed by atoms with E-state index in [1.165, 1.54) is 18.3 Å². The number of rotatable bonds is 3. The van der Waals surface area contributed by atoms with E-state index < -0.39 is 18.6 Å². The van der Waals surface area contributed by atoms with Crippen molar-refractivity contribution >= 4 is 5.91 Å². The molecule has 1 aromatic rings. The van der Waals surface area contributed by atoms with Crippen LogP contribution in [0.4, 0.5) is 13.2 Å². The zero-order valence-corrected chi connectivity index (χ0v) is 11.2. The van der Waals surface area contributed by atoms with Gasteiger partial charge in [-0.25, -0.2) is 0 Å². The quantitative estimate of drug-likeness (QED) is 0.893. The number of nitrogens with zero attached hydrogens (tertiary/aromatic N) is 1. The Morgan fingerprint density at radius 3 is 2.95 bits per heavy atom. The number of alkyl halides is 3. The summed E-state index contributed by atoms with van der Waals surface area (Å²) in [6.45, 7) is 1.67. The Labute approximate surface area is 115 Å². The van der Waals surface area contributed by atoms with E-state index in [0.717, 1.165) is 24.0 Å². The second-order valence-corrected chi connectivity index (χ2v) is 5.19. The third kappa shape index (κ3) is 4.00. The molecule has 1 aliphatic heterocycles. The highest BCUT2D eigenvalue weighted by molar-refractivity contribution is 5.92. The van der Waals surface area contributed by atoms with Crippen molar-refractivity contribution in [2.24, 2.45) is 0 Å². The molecule has 20 heavy (non-hydrogen) atoms. The van der Waals surface area contributed by atoms with Gasteiger partial charge in [-0.2, -0.15) is 13.2 Å². The van der Waals surface area contributed by atoms with Crippen molar-refractivity contribution in [1.82, 2.24) is 15.2 Å². The third-order valence-corrected chi connectivity index (χ3v) is 3.37. The molecule has 1 aromatic heterocycles. The number of hydrogen-bond acceptors (Lipinski definition) is 2. The lowest BCUT2D eigenvalue weighted by molar-refractivity contribution is -0.140. The molecule has 2 atom stereocenters. The van der Waals surface area contributed by atoms with Gasteiger partial charge < -0.3 is 15.2 Å². The maximum atomic E-state index is 12.4. The van der Waals surface area contributed by atoms with Crippen LogP contribution in [-0.4, -0.2) is 35.3 Å². The van der Waals surface area contributed by atoms with Crippen LogP contribution in [-0.2, 0) is 6.54 Å². The first-order chi connectivity index (χ1) is 9.35. The summed E-state index contributed by atoms with van der Waals surface area (Å²) < 4.78 is 38.2. The smallest absolute Gasteiger partial charge is 0.348 e. The minimum absolute atomic E-state index is 0.00740. The zero-order chi connectivity index (χ0) is 14.8. The fourth-order valence-corrected chi connectivity index (χ4v) is 2.47. The van der Waals surface area contributed by atoms with Gasteiger partial charge in [-0.3, -0.25) is 4.79 Å². The molecule has 0 radical (unpaired) electrons. The molecule has 2 heterocycles. The molecule has 2 unspecified atom stereocenters. The third-order valence-electron chi connectivity index (χ3n) is 3.37. The van der Waals surface area contributed by atoms with Crippen LogP contribution in [0, 0.1) is 0 Å². The van der Waals surface area contributed by atoms with Crippen LogP contribution in [0.2, 0.25) is 0 Å². The van der Waals surface area contributed by atoms with Gasteiger partial charge in [0.1, 0.15) is 12.2 Å². The average molecular weight is 289 g/mol. The van der Waals surface area contributed by atoms with Crippen molar-refractivity contribution < 1.29 is 18.0 Å². The number of amides is 1. The lowest BCUT2D eigenvalue weighted by Gasteiger charge is -2.28. The molecule has 112 valence electrons. The second kappa shape index (κ2) is 5.87. The average Bonchev–Trinajstić information content (AvgIpc) is 2.74. The number of nitrogens with one attached hydrogen (secondary N) is 2. The molecule has 0 saturated carbocycles. The van der Waals surface area contributed by atoms with Crippen LogP contribution in [0.5, 0.6) is 0 Å². The molecular formula is C13H18F3N3O. The summed E-state index contributed by atoms with van der Waals surface area (Å²) in [5, 5.41) is 6.07. The van der Waals surface area contributed by atoms with Gasteiger partial charge in [0.05, 0.1) is 0 Å². The summed E-state index contributed by atoms with van der Waals surface area (Å²) in [5.74, 6) is -0.446.